The summed E-state index contributed by atoms with van der Waals surface area (Å²) in [6.07, 6.45) is 12.6. The van der Waals surface area contributed by atoms with E-state index in [-0.39, 0.29) is 11.7 Å². The largest absolute Gasteiger partial charge is 0.388 e. The standard InChI is InChI=1S/C14H19NO.C7H8FN/c16-9-11-2-1-3-12(6-11)13-7-14(13)15-8-10-4-5-10;1-9-7-4-2-3-6(8)5-7/h1,3,6,9-11,13-15H,2,4-5,7-8H2;2-5,9H,1H3. The van der Waals surface area contributed by atoms with Gasteiger partial charge < -0.3 is 15.4 Å². The van der Waals surface area contributed by atoms with Gasteiger partial charge in [-0.05, 0) is 61.9 Å². The first-order valence-electron chi connectivity index (χ1n) is 9.20. The smallest absolute Gasteiger partial charge is 0.127 e. The molecule has 0 heterocycles. The van der Waals surface area contributed by atoms with Crippen LogP contribution in [0.5, 0.6) is 0 Å². The van der Waals surface area contributed by atoms with Crippen LogP contribution in [0.3, 0.4) is 0 Å². The monoisotopic (exact) mass is 342 g/mol. The predicted molar refractivity (Wildman–Crippen MR) is 100.0 cm³/mol. The third-order valence-electron chi connectivity index (χ3n) is 5.00. The summed E-state index contributed by atoms with van der Waals surface area (Å²) >= 11 is 0. The molecule has 4 heteroatoms. The van der Waals surface area contributed by atoms with E-state index in [4.69, 9.17) is 0 Å². The van der Waals surface area contributed by atoms with Crippen molar-refractivity contribution >= 4 is 12.0 Å². The lowest BCUT2D eigenvalue weighted by atomic mass is 9.95. The zero-order valence-corrected chi connectivity index (χ0v) is 14.7. The molecule has 2 N–H and O–H groups in total. The van der Waals surface area contributed by atoms with E-state index in [1.54, 1.807) is 13.1 Å². The quantitative estimate of drug-likeness (QED) is 0.769. The number of anilines is 1. The van der Waals surface area contributed by atoms with Gasteiger partial charge in [-0.1, -0.05) is 24.3 Å². The van der Waals surface area contributed by atoms with Gasteiger partial charge in [0.05, 0.1) is 0 Å². The maximum atomic E-state index is 12.3. The number of hydrogen-bond donors (Lipinski definition) is 2. The molecule has 0 aromatic heterocycles. The Bertz CT molecular complexity index is 651. The predicted octanol–water partition coefficient (Wildman–Crippen LogP) is 3.94. The average Bonchev–Trinajstić information content (AvgIpc) is 3.55. The number of allylic oxidation sites excluding steroid dienone is 3. The van der Waals surface area contributed by atoms with Crippen LogP contribution in [0.1, 0.15) is 25.7 Å². The Morgan fingerprint density at radius 3 is 2.80 bits per heavy atom. The van der Waals surface area contributed by atoms with Crippen LogP contribution in [0.25, 0.3) is 0 Å². The van der Waals surface area contributed by atoms with Gasteiger partial charge in [-0.2, -0.15) is 0 Å². The highest BCUT2D eigenvalue weighted by Crippen LogP contribution is 2.40. The average molecular weight is 342 g/mol. The van der Waals surface area contributed by atoms with Crippen molar-refractivity contribution in [2.45, 2.75) is 31.7 Å². The van der Waals surface area contributed by atoms with Crippen molar-refractivity contribution in [3.63, 3.8) is 0 Å². The van der Waals surface area contributed by atoms with Crippen molar-refractivity contribution in [3.05, 3.63) is 53.9 Å². The minimum Gasteiger partial charge on any atom is -0.388 e. The van der Waals surface area contributed by atoms with Gasteiger partial charge in [-0.15, -0.1) is 0 Å². The Hall–Kier alpha value is -1.94. The molecule has 0 saturated heterocycles. The molecular formula is C21H27FN2O. The summed E-state index contributed by atoms with van der Waals surface area (Å²) in [5.41, 5.74) is 2.19. The molecule has 1 aromatic carbocycles. The van der Waals surface area contributed by atoms with Crippen LogP contribution in [0.2, 0.25) is 0 Å². The zero-order chi connectivity index (χ0) is 17.6. The fourth-order valence-corrected chi connectivity index (χ4v) is 3.15. The second-order valence-electron chi connectivity index (χ2n) is 7.17. The van der Waals surface area contributed by atoms with Gasteiger partial charge in [-0.25, -0.2) is 4.39 Å². The van der Waals surface area contributed by atoms with Crippen molar-refractivity contribution in [3.8, 4) is 0 Å². The molecule has 3 aliphatic carbocycles. The molecule has 3 nitrogen and oxygen atoms in total. The Kier molecular flexibility index (Phi) is 6.03. The van der Waals surface area contributed by atoms with Gasteiger partial charge in [-0.3, -0.25) is 0 Å². The summed E-state index contributed by atoms with van der Waals surface area (Å²) in [5, 5.41) is 6.46. The Morgan fingerprint density at radius 1 is 1.32 bits per heavy atom. The molecule has 0 spiro atoms. The van der Waals surface area contributed by atoms with Crippen molar-refractivity contribution in [2.75, 3.05) is 18.9 Å². The van der Waals surface area contributed by atoms with Crippen molar-refractivity contribution in [2.24, 2.45) is 17.8 Å². The summed E-state index contributed by atoms with van der Waals surface area (Å²) in [6, 6.07) is 7.02. The fraction of sp³-hybridized carbons (Fsp3) is 0.476. The minimum atomic E-state index is -0.207. The number of benzene rings is 1. The molecule has 3 atom stereocenters. The molecule has 0 radical (unpaired) electrons. The van der Waals surface area contributed by atoms with Crippen molar-refractivity contribution in [1.29, 1.82) is 0 Å². The molecule has 0 aliphatic heterocycles. The number of carbonyl (C=O) groups is 1. The molecule has 134 valence electrons. The van der Waals surface area contributed by atoms with Crippen LogP contribution in [0.4, 0.5) is 10.1 Å². The topological polar surface area (TPSA) is 41.1 Å². The molecule has 1 aromatic rings. The first-order valence-corrected chi connectivity index (χ1v) is 9.20. The van der Waals surface area contributed by atoms with Gasteiger partial charge in [0, 0.05) is 30.6 Å². The molecule has 3 aliphatic rings. The van der Waals surface area contributed by atoms with Crippen molar-refractivity contribution in [1.82, 2.24) is 5.32 Å². The van der Waals surface area contributed by atoms with E-state index in [0.29, 0.717) is 12.0 Å². The van der Waals surface area contributed by atoms with Crippen LogP contribution < -0.4 is 10.6 Å². The Labute approximate surface area is 149 Å². The van der Waals surface area contributed by atoms with E-state index in [9.17, 15) is 9.18 Å². The normalized spacial score (nSPS) is 27.0. The molecule has 2 fully saturated rings. The van der Waals surface area contributed by atoms with Crippen LogP contribution in [0.15, 0.2) is 48.1 Å². The molecule has 2 saturated carbocycles. The van der Waals surface area contributed by atoms with E-state index >= 15 is 0 Å². The first kappa shape index (κ1) is 17.9. The Balaban J connectivity index is 0.000000173. The Morgan fingerprint density at radius 2 is 2.16 bits per heavy atom. The third-order valence-corrected chi connectivity index (χ3v) is 5.00. The van der Waals surface area contributed by atoms with E-state index < -0.39 is 0 Å². The number of halogens is 1. The number of nitrogens with one attached hydrogen (secondary N) is 2. The van der Waals surface area contributed by atoms with Crippen molar-refractivity contribution < 1.29 is 9.18 Å². The van der Waals surface area contributed by atoms with Gasteiger partial charge in [0.1, 0.15) is 12.1 Å². The number of hydrogen-bond acceptors (Lipinski definition) is 3. The molecule has 25 heavy (non-hydrogen) atoms. The highest BCUT2D eigenvalue weighted by Gasteiger charge is 2.40. The van der Waals surface area contributed by atoms with Gasteiger partial charge in [0.25, 0.3) is 0 Å². The number of rotatable bonds is 6. The second kappa shape index (κ2) is 8.43. The summed E-state index contributed by atoms with van der Waals surface area (Å²) in [5.74, 6) is 1.56. The zero-order valence-electron chi connectivity index (χ0n) is 14.7. The van der Waals surface area contributed by atoms with E-state index in [1.165, 1.54) is 43.5 Å². The van der Waals surface area contributed by atoms with Gasteiger partial charge in [0.2, 0.25) is 0 Å². The van der Waals surface area contributed by atoms with Crippen LogP contribution >= 0.6 is 0 Å². The first-order chi connectivity index (χ1) is 12.2. The molecule has 0 bridgehead atoms. The lowest BCUT2D eigenvalue weighted by molar-refractivity contribution is -0.109. The molecule has 3 unspecified atom stereocenters. The van der Waals surface area contributed by atoms with Crippen LogP contribution in [-0.2, 0) is 4.79 Å². The van der Waals surface area contributed by atoms with Gasteiger partial charge in [0.15, 0.2) is 0 Å². The lowest BCUT2D eigenvalue weighted by Crippen LogP contribution is -2.21. The van der Waals surface area contributed by atoms with E-state index in [0.717, 1.165) is 24.3 Å². The van der Waals surface area contributed by atoms with Gasteiger partial charge >= 0.3 is 0 Å². The second-order valence-corrected chi connectivity index (χ2v) is 7.17. The summed E-state index contributed by atoms with van der Waals surface area (Å²) in [6.45, 7) is 1.20. The maximum Gasteiger partial charge on any atom is 0.127 e. The summed E-state index contributed by atoms with van der Waals surface area (Å²) in [4.78, 5) is 10.8. The third kappa shape index (κ3) is 5.53. The van der Waals surface area contributed by atoms with Crippen LogP contribution in [0, 0.1) is 23.6 Å². The maximum absolute atomic E-state index is 12.3. The van der Waals surface area contributed by atoms with E-state index in [2.05, 4.69) is 28.9 Å². The highest BCUT2D eigenvalue weighted by molar-refractivity contribution is 5.59. The van der Waals surface area contributed by atoms with E-state index in [1.807, 2.05) is 6.07 Å². The highest BCUT2D eigenvalue weighted by atomic mass is 19.1. The van der Waals surface area contributed by atoms with Crippen LogP contribution in [-0.4, -0.2) is 25.9 Å². The molecule has 4 rings (SSSR count). The fourth-order valence-electron chi connectivity index (χ4n) is 3.15. The number of carbonyl (C=O) groups excluding carboxylic acids is 1. The number of aldehydes is 1. The lowest BCUT2D eigenvalue weighted by Gasteiger charge is -2.11. The molecular weight excluding hydrogens is 315 g/mol. The molecule has 0 amide bonds. The summed E-state index contributed by atoms with van der Waals surface area (Å²) < 4.78 is 12.3. The minimum absolute atomic E-state index is 0.129. The SMILES string of the molecule is CNc1cccc(F)c1.O=CC1C=C(C2CC2NCC2CC2)C=CC1. The summed E-state index contributed by atoms with van der Waals surface area (Å²) in [7, 11) is 1.76.